The fourth-order valence-corrected chi connectivity index (χ4v) is 97.3. The number of carbonyl (C=O) groups is 1. The molecule has 3 heteroatoms. The number of halogens is 1. The summed E-state index contributed by atoms with van der Waals surface area (Å²) >= 11 is 7.39. The van der Waals surface area contributed by atoms with Crippen LogP contribution in [0, 0.1) is 0 Å². The van der Waals surface area contributed by atoms with Crippen LogP contribution in [0.1, 0.15) is 10.4 Å². The molecule has 1 nitrogen and oxygen atoms in total. The van der Waals surface area contributed by atoms with E-state index in [-0.39, 0.29) is 5.78 Å². The van der Waals surface area contributed by atoms with Crippen LogP contribution in [0.5, 0.6) is 0 Å². The molecule has 1 aromatic carbocycles. The van der Waals surface area contributed by atoms with Gasteiger partial charge in [0.05, 0.1) is 0 Å². The molecule has 10 heterocycles. The Morgan fingerprint density at radius 1 is 1.00 bits per heavy atom. The van der Waals surface area contributed by atoms with Crippen LogP contribution >= 0.6 is 11.6 Å². The van der Waals surface area contributed by atoms with Gasteiger partial charge in [-0.25, -0.2) is 0 Å². The van der Waals surface area contributed by atoms with E-state index in [9.17, 15) is 4.79 Å². The van der Waals surface area contributed by atoms with E-state index >= 15 is 0 Å². The molecule has 1 aromatic rings. The van der Waals surface area contributed by atoms with E-state index in [1.807, 2.05) is 36.4 Å². The third-order valence-electron chi connectivity index (χ3n) is 16.3. The SMILES string of the molecule is O=C(C=C[C]12[CH]3[CH]4[CH]5[CH]1[Fe]45321678[CH]2[CH]1[CH]6[C]7(Cl)[CH]28)c1ccccc1. The second-order valence-corrected chi connectivity index (χ2v) is 36.0. The predicted molar refractivity (Wildman–Crippen MR) is 81.2 cm³/mol. The van der Waals surface area contributed by atoms with E-state index in [4.69, 9.17) is 11.6 Å². The Bertz CT molecular complexity index is 1350. The number of alkyl halides is 1. The van der Waals surface area contributed by atoms with Gasteiger partial charge in [0.25, 0.3) is 0 Å². The molecular formula is C19H15ClFeO. The van der Waals surface area contributed by atoms with Crippen LogP contribution in [0.4, 0.5) is 0 Å². The molecule has 0 aromatic heterocycles. The Morgan fingerprint density at radius 3 is 2.00 bits per heavy atom. The van der Waals surface area contributed by atoms with E-state index in [1.54, 1.807) is 0 Å². The molecule has 22 heavy (non-hydrogen) atoms. The fraction of sp³-hybridized carbons (Fsp3) is 0.526. The minimum absolute atomic E-state index is 0.209. The van der Waals surface area contributed by atoms with Gasteiger partial charge >= 0.3 is 123 Å². The monoisotopic (exact) mass is 350 g/mol. The molecule has 0 aliphatic carbocycles. The van der Waals surface area contributed by atoms with Crippen LogP contribution in [-0.2, 0) is 6.51 Å². The van der Waals surface area contributed by atoms with Gasteiger partial charge in [-0.2, -0.15) is 0 Å². The summed E-state index contributed by atoms with van der Waals surface area (Å²) in [6.45, 7) is -3.38. The van der Waals surface area contributed by atoms with Crippen LogP contribution in [0.25, 0.3) is 0 Å². The fourth-order valence-electron chi connectivity index (χ4n) is 17.7. The van der Waals surface area contributed by atoms with Crippen molar-refractivity contribution in [3.05, 3.63) is 48.0 Å². The number of allylic oxidation sites excluding steroid dienone is 2. The molecule has 8 unspecified atom stereocenters. The van der Waals surface area contributed by atoms with E-state index in [0.717, 1.165) is 24.8 Å². The summed E-state index contributed by atoms with van der Waals surface area (Å²) in [6, 6.07) is 9.77. The Morgan fingerprint density at radius 2 is 1.59 bits per heavy atom. The average Bonchev–Trinajstić information content (AvgIpc) is 3.49. The number of fused-ring (bicyclic) bond motifs is 10. The van der Waals surface area contributed by atoms with Gasteiger partial charge in [0, 0.05) is 0 Å². The Labute approximate surface area is 123 Å². The molecule has 1 spiro atoms. The normalized spacial score (nSPS) is 98.2. The zero-order valence-electron chi connectivity index (χ0n) is 11.8. The summed E-state index contributed by atoms with van der Waals surface area (Å²) < 4.78 is 0.995. The van der Waals surface area contributed by atoms with Crippen molar-refractivity contribution < 1.29 is 11.3 Å². The Balaban J connectivity index is 1.23. The second-order valence-electron chi connectivity index (χ2n) is 11.8. The van der Waals surface area contributed by atoms with Crippen molar-refractivity contribution in [1.29, 1.82) is 0 Å². The molecule has 10 saturated heterocycles. The number of hydrogen-bond donors (Lipinski definition) is 0. The average molecular weight is 351 g/mol. The van der Waals surface area contributed by atoms with Crippen molar-refractivity contribution in [2.45, 2.75) is 46.6 Å². The summed E-state index contributed by atoms with van der Waals surface area (Å²) in [5.74, 6) is 0.209. The number of carbonyl (C=O) groups excluding carboxylic acids is 1. The van der Waals surface area contributed by atoms with Gasteiger partial charge in [0.15, 0.2) is 0 Å². The molecule has 10 aliphatic rings. The number of hydrogen-bond acceptors (Lipinski definition) is 1. The van der Waals surface area contributed by atoms with Crippen LogP contribution in [0.15, 0.2) is 42.5 Å². The van der Waals surface area contributed by atoms with E-state index in [2.05, 4.69) is 6.08 Å². The Kier molecular flexibility index (Phi) is 0.364. The first-order valence-electron chi connectivity index (χ1n) is 8.61. The maximum atomic E-state index is 12.5. The second kappa shape index (κ2) is 0.885. The van der Waals surface area contributed by atoms with Crippen molar-refractivity contribution in [2.24, 2.45) is 0 Å². The summed E-state index contributed by atoms with van der Waals surface area (Å²) in [7, 11) is 0. The first-order valence-corrected chi connectivity index (χ1v) is 15.2. The van der Waals surface area contributed by atoms with Crippen molar-refractivity contribution in [3.8, 4) is 0 Å². The first-order chi connectivity index (χ1) is 10.4. The molecule has 10 fully saturated rings. The Hall–Kier alpha value is -0.561. The zero-order valence-corrected chi connectivity index (χ0v) is 13.7. The zero-order chi connectivity index (χ0) is 14.0. The van der Waals surface area contributed by atoms with Gasteiger partial charge in [-0.1, -0.05) is 0 Å². The van der Waals surface area contributed by atoms with Gasteiger partial charge in [-0.3, -0.25) is 0 Å². The molecule has 8 atom stereocenters. The number of benzene rings is 1. The summed E-state index contributed by atoms with van der Waals surface area (Å²) in [5, 5.41) is 0. The van der Waals surface area contributed by atoms with Crippen LogP contribution in [-0.4, -0.2) is 9.56 Å². The number of ketones is 1. The molecule has 0 amide bonds. The van der Waals surface area contributed by atoms with Crippen LogP contribution in [0.3, 0.4) is 0 Å². The quantitative estimate of drug-likeness (QED) is 0.311. The van der Waals surface area contributed by atoms with E-state index < -0.39 is 6.51 Å². The van der Waals surface area contributed by atoms with Gasteiger partial charge in [0.1, 0.15) is 0 Å². The van der Waals surface area contributed by atoms with Crippen LogP contribution < -0.4 is 0 Å². The summed E-state index contributed by atoms with van der Waals surface area (Å²) in [4.78, 5) is 21.6. The van der Waals surface area contributed by atoms with Crippen LogP contribution in [0.2, 0.25) is 42.8 Å². The predicted octanol–water partition coefficient (Wildman–Crippen LogP) is 5.33. The summed E-state index contributed by atoms with van der Waals surface area (Å²) in [5.41, 5.74) is 0.839. The first kappa shape index (κ1) is 9.06. The van der Waals surface area contributed by atoms with Crippen molar-refractivity contribution in [2.75, 3.05) is 0 Å². The van der Waals surface area contributed by atoms with E-state index in [1.165, 1.54) is 19.3 Å². The molecule has 0 radical (unpaired) electrons. The third kappa shape index (κ3) is 0.112. The van der Waals surface area contributed by atoms with Gasteiger partial charge < -0.3 is 0 Å². The van der Waals surface area contributed by atoms with Crippen molar-refractivity contribution in [1.82, 2.24) is 0 Å². The van der Waals surface area contributed by atoms with Gasteiger partial charge in [-0.05, 0) is 0 Å². The topological polar surface area (TPSA) is 17.1 Å². The van der Waals surface area contributed by atoms with Gasteiger partial charge in [0.2, 0.25) is 0 Å². The van der Waals surface area contributed by atoms with Crippen molar-refractivity contribution in [3.63, 3.8) is 0 Å². The number of rotatable bonds is 3. The molecule has 112 valence electrons. The maximum absolute atomic E-state index is 12.5. The van der Waals surface area contributed by atoms with Gasteiger partial charge in [-0.15, -0.1) is 0 Å². The molecule has 0 saturated carbocycles. The summed E-state index contributed by atoms with van der Waals surface area (Å²) in [6.07, 6.45) is 4.45. The molecular weight excluding hydrogens is 336 g/mol. The molecule has 0 N–H and O–H groups in total. The molecule has 11 rings (SSSR count). The molecule has 0 bridgehead atoms. The molecule has 10 aliphatic heterocycles. The third-order valence-corrected chi connectivity index (χ3v) is 62.2. The minimum atomic E-state index is -3.38. The standard InChI is InChI=1S/C14H11O.C5H4Cl.Fe/c15-14(13-8-2-1-3-9-13)11-10-12-6-4-5-7-12;6-5-3-1-2-4-5;/h1-11H;1-4H;. The van der Waals surface area contributed by atoms with Crippen molar-refractivity contribution >= 4 is 17.4 Å². The van der Waals surface area contributed by atoms with E-state index in [0.29, 0.717) is 8.09 Å².